The highest BCUT2D eigenvalue weighted by Crippen LogP contribution is 2.49. The molecule has 2 aliphatic rings. The molecule has 1 aromatic heterocycles. The predicted molar refractivity (Wildman–Crippen MR) is 75.9 cm³/mol. The Morgan fingerprint density at radius 3 is 2.63 bits per heavy atom. The summed E-state index contributed by atoms with van der Waals surface area (Å²) in [6.45, 7) is 0.944. The summed E-state index contributed by atoms with van der Waals surface area (Å²) in [5, 5.41) is 4.29. The number of thiazole rings is 1. The van der Waals surface area contributed by atoms with E-state index >= 15 is 0 Å². The number of nitrogens with zero attached hydrogens (tertiary/aromatic N) is 1. The number of methoxy groups -OCH3 is 1. The monoisotopic (exact) mass is 300 g/mol. The Kier molecular flexibility index (Phi) is 3.67. The van der Waals surface area contributed by atoms with E-state index in [9.17, 15) is 4.79 Å². The van der Waals surface area contributed by atoms with Crippen molar-refractivity contribution in [2.75, 3.05) is 19.0 Å². The summed E-state index contributed by atoms with van der Waals surface area (Å²) in [6, 6.07) is 0. The second-order valence-corrected chi connectivity index (χ2v) is 6.71. The third-order valence-electron chi connectivity index (χ3n) is 3.90. The van der Waals surface area contributed by atoms with E-state index in [2.05, 4.69) is 15.0 Å². The van der Waals surface area contributed by atoms with Crippen molar-refractivity contribution < 1.29 is 9.53 Å². The van der Waals surface area contributed by atoms with Crippen LogP contribution in [0.1, 0.15) is 35.4 Å². The summed E-state index contributed by atoms with van der Waals surface area (Å²) < 4.78 is 4.67. The van der Waals surface area contributed by atoms with Crippen molar-refractivity contribution in [1.29, 1.82) is 0 Å². The van der Waals surface area contributed by atoms with Crippen LogP contribution >= 0.6 is 22.9 Å². The van der Waals surface area contributed by atoms with Crippen LogP contribution in [-0.4, -0.2) is 24.6 Å². The molecule has 0 unspecified atom stereocenters. The smallest absolute Gasteiger partial charge is 0.351 e. The summed E-state index contributed by atoms with van der Waals surface area (Å²) in [5.41, 5.74) is 0. The molecule has 3 rings (SSSR count). The SMILES string of the molecule is COC(=O)c1sc(NCC(C2CC2)C2CC2)nc1Cl. The first-order valence-electron chi connectivity index (χ1n) is 6.67. The summed E-state index contributed by atoms with van der Waals surface area (Å²) >= 11 is 7.21. The minimum absolute atomic E-state index is 0.230. The lowest BCUT2D eigenvalue weighted by atomic mass is 9.98. The van der Waals surface area contributed by atoms with Gasteiger partial charge in [0, 0.05) is 6.54 Å². The van der Waals surface area contributed by atoms with Crippen molar-refractivity contribution in [3.05, 3.63) is 10.0 Å². The maximum absolute atomic E-state index is 11.5. The van der Waals surface area contributed by atoms with E-state index in [1.54, 1.807) is 0 Å². The lowest BCUT2D eigenvalue weighted by molar-refractivity contribution is 0.0606. The number of ether oxygens (including phenoxy) is 1. The molecule has 2 aliphatic carbocycles. The maximum atomic E-state index is 11.5. The van der Waals surface area contributed by atoms with Gasteiger partial charge in [-0.05, 0) is 43.4 Å². The first kappa shape index (κ1) is 13.2. The molecule has 1 aromatic rings. The van der Waals surface area contributed by atoms with Crippen LogP contribution < -0.4 is 5.32 Å². The van der Waals surface area contributed by atoms with E-state index in [1.807, 2.05) is 0 Å². The van der Waals surface area contributed by atoms with Crippen LogP contribution in [0.2, 0.25) is 5.15 Å². The normalized spacial score (nSPS) is 18.7. The number of hydrogen-bond acceptors (Lipinski definition) is 5. The van der Waals surface area contributed by atoms with E-state index in [-0.39, 0.29) is 5.15 Å². The van der Waals surface area contributed by atoms with Crippen molar-refractivity contribution in [2.45, 2.75) is 25.7 Å². The van der Waals surface area contributed by atoms with Crippen LogP contribution in [-0.2, 0) is 4.74 Å². The van der Waals surface area contributed by atoms with Gasteiger partial charge in [-0.1, -0.05) is 22.9 Å². The molecule has 0 aromatic carbocycles. The van der Waals surface area contributed by atoms with Crippen LogP contribution in [0, 0.1) is 17.8 Å². The largest absolute Gasteiger partial charge is 0.465 e. The highest BCUT2D eigenvalue weighted by atomic mass is 35.5. The third kappa shape index (κ3) is 3.03. The van der Waals surface area contributed by atoms with Crippen molar-refractivity contribution in [2.24, 2.45) is 17.8 Å². The molecule has 6 heteroatoms. The number of rotatable bonds is 6. The standard InChI is InChI=1S/C13H17ClN2O2S/c1-18-12(17)10-11(14)16-13(19-10)15-6-9(7-2-3-7)8-4-5-8/h7-9H,2-6H2,1H3,(H,15,16). The molecule has 0 aliphatic heterocycles. The van der Waals surface area contributed by atoms with Gasteiger partial charge in [0.25, 0.3) is 0 Å². The minimum Gasteiger partial charge on any atom is -0.465 e. The van der Waals surface area contributed by atoms with Crippen molar-refractivity contribution in [3.8, 4) is 0 Å². The lowest BCUT2D eigenvalue weighted by Gasteiger charge is -2.15. The van der Waals surface area contributed by atoms with Gasteiger partial charge in [-0.2, -0.15) is 0 Å². The first-order chi connectivity index (χ1) is 9.19. The maximum Gasteiger partial charge on any atom is 0.351 e. The Morgan fingerprint density at radius 1 is 1.47 bits per heavy atom. The Morgan fingerprint density at radius 2 is 2.11 bits per heavy atom. The van der Waals surface area contributed by atoms with Gasteiger partial charge in [0.05, 0.1) is 7.11 Å². The average Bonchev–Trinajstić information content (AvgIpc) is 3.29. The van der Waals surface area contributed by atoms with Crippen LogP contribution in [0.3, 0.4) is 0 Å². The second kappa shape index (κ2) is 5.29. The van der Waals surface area contributed by atoms with Gasteiger partial charge < -0.3 is 10.1 Å². The quantitative estimate of drug-likeness (QED) is 0.818. The highest BCUT2D eigenvalue weighted by Gasteiger charge is 2.41. The van der Waals surface area contributed by atoms with Gasteiger partial charge >= 0.3 is 5.97 Å². The van der Waals surface area contributed by atoms with Gasteiger partial charge in [0.15, 0.2) is 15.2 Å². The molecule has 0 radical (unpaired) electrons. The van der Waals surface area contributed by atoms with Gasteiger partial charge in [0.1, 0.15) is 0 Å². The number of anilines is 1. The zero-order chi connectivity index (χ0) is 13.4. The Balaban J connectivity index is 1.61. The molecule has 4 nitrogen and oxygen atoms in total. The summed E-state index contributed by atoms with van der Waals surface area (Å²) in [4.78, 5) is 16.0. The molecule has 0 bridgehead atoms. The first-order valence-corrected chi connectivity index (χ1v) is 7.87. The molecule has 0 spiro atoms. The van der Waals surface area contributed by atoms with Crippen molar-refractivity contribution in [1.82, 2.24) is 4.98 Å². The molecular formula is C13H17ClN2O2S. The highest BCUT2D eigenvalue weighted by molar-refractivity contribution is 7.18. The van der Waals surface area contributed by atoms with Crippen LogP contribution in [0.15, 0.2) is 0 Å². The fourth-order valence-corrected chi connectivity index (χ4v) is 3.68. The molecule has 2 saturated carbocycles. The zero-order valence-electron chi connectivity index (χ0n) is 10.8. The van der Waals surface area contributed by atoms with Crippen LogP contribution in [0.4, 0.5) is 5.13 Å². The van der Waals surface area contributed by atoms with E-state index in [0.717, 1.165) is 29.4 Å². The predicted octanol–water partition coefficient (Wildman–Crippen LogP) is 3.43. The molecule has 19 heavy (non-hydrogen) atoms. The topological polar surface area (TPSA) is 51.2 Å². The minimum atomic E-state index is -0.420. The molecule has 1 heterocycles. The Labute approximate surface area is 121 Å². The summed E-state index contributed by atoms with van der Waals surface area (Å²) in [5.74, 6) is 2.15. The molecule has 2 fully saturated rings. The number of esters is 1. The zero-order valence-corrected chi connectivity index (χ0v) is 12.4. The van der Waals surface area contributed by atoms with Gasteiger partial charge in [0.2, 0.25) is 0 Å². The number of carbonyl (C=O) groups excluding carboxylic acids is 1. The van der Waals surface area contributed by atoms with E-state index in [1.165, 1.54) is 44.1 Å². The molecule has 0 amide bonds. The van der Waals surface area contributed by atoms with Crippen molar-refractivity contribution in [3.63, 3.8) is 0 Å². The molecular weight excluding hydrogens is 284 g/mol. The fourth-order valence-electron chi connectivity index (χ4n) is 2.57. The average molecular weight is 301 g/mol. The number of nitrogens with one attached hydrogen (secondary N) is 1. The molecule has 1 N–H and O–H groups in total. The number of carbonyl (C=O) groups is 1. The van der Waals surface area contributed by atoms with Gasteiger partial charge in [-0.25, -0.2) is 9.78 Å². The summed E-state index contributed by atoms with van der Waals surface area (Å²) in [6.07, 6.45) is 5.48. The fraction of sp³-hybridized carbons (Fsp3) is 0.692. The van der Waals surface area contributed by atoms with Gasteiger partial charge in [-0.15, -0.1) is 0 Å². The number of aromatic nitrogens is 1. The number of hydrogen-bond donors (Lipinski definition) is 1. The Bertz CT molecular complexity index is 471. The second-order valence-electron chi connectivity index (χ2n) is 5.35. The van der Waals surface area contributed by atoms with Gasteiger partial charge in [-0.3, -0.25) is 0 Å². The molecule has 104 valence electrons. The molecule has 0 saturated heterocycles. The van der Waals surface area contributed by atoms with E-state index in [0.29, 0.717) is 4.88 Å². The summed E-state index contributed by atoms with van der Waals surface area (Å²) in [7, 11) is 1.35. The van der Waals surface area contributed by atoms with E-state index < -0.39 is 5.97 Å². The van der Waals surface area contributed by atoms with Crippen molar-refractivity contribution >= 4 is 34.0 Å². The van der Waals surface area contributed by atoms with Crippen LogP contribution in [0.5, 0.6) is 0 Å². The molecule has 0 atom stereocenters. The lowest BCUT2D eigenvalue weighted by Crippen LogP contribution is -2.18. The van der Waals surface area contributed by atoms with E-state index in [4.69, 9.17) is 11.6 Å². The Hall–Kier alpha value is -0.810. The van der Waals surface area contributed by atoms with Crippen LogP contribution in [0.25, 0.3) is 0 Å². The number of halogens is 1. The third-order valence-corrected chi connectivity index (χ3v) is 5.28.